The SMILES string of the molecule is COc1cc(CNC(=O)C2=NOC3(CCN(C(=O)Nc4ccc(Cl)c(Cl)c4)CC3)C2)ccc1O. The van der Waals surface area contributed by atoms with E-state index in [1.54, 1.807) is 35.2 Å². The summed E-state index contributed by atoms with van der Waals surface area (Å²) >= 11 is 11.9. The highest BCUT2D eigenvalue weighted by atomic mass is 35.5. The highest BCUT2D eigenvalue weighted by Gasteiger charge is 2.44. The Balaban J connectivity index is 1.26. The van der Waals surface area contributed by atoms with Crippen molar-refractivity contribution in [2.45, 2.75) is 31.4 Å². The van der Waals surface area contributed by atoms with Gasteiger partial charge in [-0.05, 0) is 35.9 Å². The van der Waals surface area contributed by atoms with E-state index >= 15 is 0 Å². The van der Waals surface area contributed by atoms with Gasteiger partial charge in [-0.15, -0.1) is 0 Å². The zero-order chi connectivity index (χ0) is 24.3. The lowest BCUT2D eigenvalue weighted by Gasteiger charge is -2.37. The minimum atomic E-state index is -0.589. The van der Waals surface area contributed by atoms with E-state index in [-0.39, 0.29) is 24.2 Å². The number of aromatic hydroxyl groups is 1. The van der Waals surface area contributed by atoms with E-state index in [9.17, 15) is 14.7 Å². The van der Waals surface area contributed by atoms with Gasteiger partial charge in [0.2, 0.25) is 0 Å². The first-order chi connectivity index (χ1) is 16.3. The first-order valence-electron chi connectivity index (χ1n) is 10.7. The lowest BCUT2D eigenvalue weighted by atomic mass is 9.87. The fraction of sp³-hybridized carbons (Fsp3) is 0.348. The third-order valence-electron chi connectivity index (χ3n) is 5.93. The van der Waals surface area contributed by atoms with E-state index in [0.29, 0.717) is 59.5 Å². The minimum absolute atomic E-state index is 0.0325. The number of methoxy groups -OCH3 is 1. The molecule has 1 fully saturated rings. The number of urea groups is 1. The largest absolute Gasteiger partial charge is 0.504 e. The standard InChI is InChI=1S/C23H24Cl2N4O5/c1-33-20-10-14(2-5-19(20)30)13-26-21(31)18-12-23(34-28-18)6-8-29(9-7-23)22(32)27-15-3-4-16(24)17(25)11-15/h2-5,10-11,30H,6-9,12-13H2,1H3,(H,26,31)(H,27,32). The van der Waals surface area contributed by atoms with Crippen molar-refractivity contribution in [1.82, 2.24) is 10.2 Å². The fourth-order valence-electron chi connectivity index (χ4n) is 3.92. The first-order valence-corrected chi connectivity index (χ1v) is 11.4. The van der Waals surface area contributed by atoms with Crippen LogP contribution in [0.2, 0.25) is 10.0 Å². The number of amides is 3. The number of ether oxygens (including phenoxy) is 1. The summed E-state index contributed by atoms with van der Waals surface area (Å²) in [5.41, 5.74) is 1.07. The number of rotatable bonds is 5. The van der Waals surface area contributed by atoms with Crippen LogP contribution < -0.4 is 15.4 Å². The molecule has 2 aromatic rings. The lowest BCUT2D eigenvalue weighted by molar-refractivity contribution is -0.115. The Hall–Kier alpha value is -3.17. The summed E-state index contributed by atoms with van der Waals surface area (Å²) in [6, 6.07) is 9.53. The molecule has 1 spiro atoms. The van der Waals surface area contributed by atoms with Crippen molar-refractivity contribution in [3.63, 3.8) is 0 Å². The third-order valence-corrected chi connectivity index (χ3v) is 6.67. The molecule has 4 rings (SSSR count). The molecule has 0 aromatic heterocycles. The summed E-state index contributed by atoms with van der Waals surface area (Å²) in [6.07, 6.45) is 1.48. The number of phenolic OH excluding ortho intramolecular Hbond substituents is 1. The zero-order valence-corrected chi connectivity index (χ0v) is 19.9. The monoisotopic (exact) mass is 506 g/mol. The summed E-state index contributed by atoms with van der Waals surface area (Å²) in [6.45, 7) is 1.18. The number of carbonyl (C=O) groups is 2. The molecular formula is C23H24Cl2N4O5. The van der Waals surface area contributed by atoms with Crippen molar-refractivity contribution >= 4 is 46.5 Å². The Morgan fingerprint density at radius 1 is 1.18 bits per heavy atom. The molecule has 180 valence electrons. The molecule has 0 saturated carbocycles. The van der Waals surface area contributed by atoms with Crippen molar-refractivity contribution in [2.24, 2.45) is 5.16 Å². The molecule has 1 saturated heterocycles. The van der Waals surface area contributed by atoms with Gasteiger partial charge in [-0.3, -0.25) is 4.79 Å². The molecule has 3 N–H and O–H groups in total. The number of hydrogen-bond acceptors (Lipinski definition) is 6. The molecule has 0 bridgehead atoms. The number of nitrogens with one attached hydrogen (secondary N) is 2. The van der Waals surface area contributed by atoms with Crippen molar-refractivity contribution < 1.29 is 24.3 Å². The Labute approximate surface area is 206 Å². The molecular weight excluding hydrogens is 483 g/mol. The second-order valence-corrected chi connectivity index (χ2v) is 9.04. The number of hydrogen-bond donors (Lipinski definition) is 3. The number of nitrogens with zero attached hydrogens (tertiary/aromatic N) is 2. The number of likely N-dealkylation sites (tertiary alicyclic amines) is 1. The predicted octanol–water partition coefficient (Wildman–Crippen LogP) is 4.17. The summed E-state index contributed by atoms with van der Waals surface area (Å²) < 4.78 is 5.09. The summed E-state index contributed by atoms with van der Waals surface area (Å²) in [5, 5.41) is 20.1. The van der Waals surface area contributed by atoms with Crippen LogP contribution in [0.1, 0.15) is 24.8 Å². The molecule has 11 heteroatoms. The van der Waals surface area contributed by atoms with Gasteiger partial charge in [-0.2, -0.15) is 0 Å². The number of piperidine rings is 1. The lowest BCUT2D eigenvalue weighted by Crippen LogP contribution is -2.48. The van der Waals surface area contributed by atoms with Crippen LogP contribution in [-0.2, 0) is 16.2 Å². The Kier molecular flexibility index (Phi) is 7.04. The van der Waals surface area contributed by atoms with Gasteiger partial charge >= 0.3 is 6.03 Å². The van der Waals surface area contributed by atoms with Gasteiger partial charge in [0.05, 0.1) is 17.2 Å². The van der Waals surface area contributed by atoms with E-state index in [4.69, 9.17) is 32.8 Å². The Morgan fingerprint density at radius 2 is 1.94 bits per heavy atom. The van der Waals surface area contributed by atoms with E-state index < -0.39 is 5.60 Å². The topological polar surface area (TPSA) is 112 Å². The van der Waals surface area contributed by atoms with Crippen molar-refractivity contribution in [3.05, 3.63) is 52.0 Å². The first kappa shape index (κ1) is 24.0. The summed E-state index contributed by atoms with van der Waals surface area (Å²) in [4.78, 5) is 32.6. The average molecular weight is 507 g/mol. The molecule has 0 radical (unpaired) electrons. The second kappa shape index (κ2) is 9.99. The normalized spacial score (nSPS) is 16.6. The molecule has 9 nitrogen and oxygen atoms in total. The van der Waals surface area contributed by atoms with Crippen molar-refractivity contribution in [1.29, 1.82) is 0 Å². The highest BCUT2D eigenvalue weighted by Crippen LogP contribution is 2.35. The molecule has 3 amide bonds. The minimum Gasteiger partial charge on any atom is -0.504 e. The van der Waals surface area contributed by atoms with Gasteiger partial charge in [0, 0.05) is 44.6 Å². The molecule has 2 heterocycles. The van der Waals surface area contributed by atoms with Gasteiger partial charge < -0.3 is 30.2 Å². The van der Waals surface area contributed by atoms with E-state index in [2.05, 4.69) is 15.8 Å². The van der Waals surface area contributed by atoms with Crippen LogP contribution in [0.3, 0.4) is 0 Å². The van der Waals surface area contributed by atoms with Gasteiger partial charge in [-0.1, -0.05) is 34.4 Å². The molecule has 2 aliphatic rings. The number of oxime groups is 1. The molecule has 2 aromatic carbocycles. The fourth-order valence-corrected chi connectivity index (χ4v) is 4.22. The Bertz CT molecular complexity index is 1130. The molecule has 34 heavy (non-hydrogen) atoms. The third kappa shape index (κ3) is 5.31. The van der Waals surface area contributed by atoms with E-state index in [1.807, 2.05) is 0 Å². The van der Waals surface area contributed by atoms with Gasteiger partial charge in [0.1, 0.15) is 11.3 Å². The maximum absolute atomic E-state index is 12.6. The van der Waals surface area contributed by atoms with Crippen LogP contribution in [0.5, 0.6) is 11.5 Å². The number of benzene rings is 2. The maximum Gasteiger partial charge on any atom is 0.321 e. The zero-order valence-electron chi connectivity index (χ0n) is 18.4. The molecule has 0 aliphatic carbocycles. The van der Waals surface area contributed by atoms with Gasteiger partial charge in [0.15, 0.2) is 11.5 Å². The van der Waals surface area contributed by atoms with Crippen LogP contribution in [0, 0.1) is 0 Å². The second-order valence-electron chi connectivity index (χ2n) is 8.22. The molecule has 0 unspecified atom stereocenters. The average Bonchev–Trinajstić information content (AvgIpc) is 3.24. The van der Waals surface area contributed by atoms with Crippen LogP contribution in [0.4, 0.5) is 10.5 Å². The molecule has 0 atom stereocenters. The van der Waals surface area contributed by atoms with Crippen LogP contribution in [0.15, 0.2) is 41.6 Å². The number of carbonyl (C=O) groups excluding carboxylic acids is 2. The van der Waals surface area contributed by atoms with E-state index in [1.165, 1.54) is 13.2 Å². The summed E-state index contributed by atoms with van der Waals surface area (Å²) in [7, 11) is 1.46. The smallest absolute Gasteiger partial charge is 0.321 e. The van der Waals surface area contributed by atoms with Crippen molar-refractivity contribution in [2.75, 3.05) is 25.5 Å². The summed E-state index contributed by atoms with van der Waals surface area (Å²) in [5.74, 6) is 0.0518. The van der Waals surface area contributed by atoms with E-state index in [0.717, 1.165) is 5.56 Å². The van der Waals surface area contributed by atoms with Crippen LogP contribution in [0.25, 0.3) is 0 Å². The van der Waals surface area contributed by atoms with Crippen LogP contribution in [-0.4, -0.2) is 53.5 Å². The van der Waals surface area contributed by atoms with Gasteiger partial charge in [-0.25, -0.2) is 4.79 Å². The van der Waals surface area contributed by atoms with Crippen molar-refractivity contribution in [3.8, 4) is 11.5 Å². The maximum atomic E-state index is 12.6. The number of halogens is 2. The molecule has 2 aliphatic heterocycles. The van der Waals surface area contributed by atoms with Crippen LogP contribution >= 0.6 is 23.2 Å². The number of phenols is 1. The quantitative estimate of drug-likeness (QED) is 0.563. The Morgan fingerprint density at radius 3 is 2.65 bits per heavy atom. The predicted molar refractivity (Wildman–Crippen MR) is 129 cm³/mol. The highest BCUT2D eigenvalue weighted by molar-refractivity contribution is 6.42. The van der Waals surface area contributed by atoms with Gasteiger partial charge in [0.25, 0.3) is 5.91 Å². The number of anilines is 1.